The molecule has 2 atom stereocenters. The lowest BCUT2D eigenvalue weighted by atomic mass is 9.86. The Morgan fingerprint density at radius 1 is 1.25 bits per heavy atom. The molecular weight excluding hydrogens is 272 g/mol. The van der Waals surface area contributed by atoms with Gasteiger partial charge in [0.1, 0.15) is 5.60 Å². The van der Waals surface area contributed by atoms with Gasteiger partial charge in [0.2, 0.25) is 0 Å². The van der Waals surface area contributed by atoms with Crippen LogP contribution in [0, 0.1) is 0 Å². The SMILES string of the molecule is CCOc1ccc(C2(O)CCCSC2C)cc1OCC. The van der Waals surface area contributed by atoms with Gasteiger partial charge in [-0.15, -0.1) is 0 Å². The van der Waals surface area contributed by atoms with E-state index in [0.29, 0.717) is 13.2 Å². The van der Waals surface area contributed by atoms with E-state index in [4.69, 9.17) is 9.47 Å². The van der Waals surface area contributed by atoms with Crippen LogP contribution in [0.3, 0.4) is 0 Å². The molecule has 2 rings (SSSR count). The zero-order valence-electron chi connectivity index (χ0n) is 12.5. The van der Waals surface area contributed by atoms with Crippen molar-refractivity contribution in [2.24, 2.45) is 0 Å². The number of aliphatic hydroxyl groups is 1. The molecule has 1 aliphatic heterocycles. The van der Waals surface area contributed by atoms with E-state index in [1.54, 1.807) is 0 Å². The second-order valence-electron chi connectivity index (χ2n) is 5.07. The molecule has 0 aromatic heterocycles. The maximum absolute atomic E-state index is 11.0. The normalized spacial score (nSPS) is 26.3. The van der Waals surface area contributed by atoms with Crippen molar-refractivity contribution in [3.05, 3.63) is 23.8 Å². The van der Waals surface area contributed by atoms with Crippen molar-refractivity contribution in [3.8, 4) is 11.5 Å². The second-order valence-corrected chi connectivity index (χ2v) is 6.52. The summed E-state index contributed by atoms with van der Waals surface area (Å²) in [6.07, 6.45) is 1.85. The standard InChI is InChI=1S/C16H24O3S/c1-4-18-14-8-7-13(11-15(14)19-5-2)16(17)9-6-10-20-12(16)3/h7-8,11-12,17H,4-6,9-10H2,1-3H3. The van der Waals surface area contributed by atoms with E-state index >= 15 is 0 Å². The largest absolute Gasteiger partial charge is 0.490 e. The Bertz CT molecular complexity index is 449. The minimum Gasteiger partial charge on any atom is -0.490 e. The Kier molecular flexibility index (Phi) is 5.22. The van der Waals surface area contributed by atoms with Crippen molar-refractivity contribution >= 4 is 11.8 Å². The van der Waals surface area contributed by atoms with Crippen molar-refractivity contribution in [1.29, 1.82) is 0 Å². The number of rotatable bonds is 5. The van der Waals surface area contributed by atoms with Gasteiger partial charge in [-0.2, -0.15) is 11.8 Å². The molecule has 0 bridgehead atoms. The van der Waals surface area contributed by atoms with Crippen LogP contribution in [0.1, 0.15) is 39.2 Å². The Morgan fingerprint density at radius 2 is 1.95 bits per heavy atom. The summed E-state index contributed by atoms with van der Waals surface area (Å²) in [7, 11) is 0. The van der Waals surface area contributed by atoms with Crippen LogP contribution in [0.25, 0.3) is 0 Å². The minimum atomic E-state index is -0.764. The summed E-state index contributed by atoms with van der Waals surface area (Å²) in [5.74, 6) is 2.60. The van der Waals surface area contributed by atoms with Crippen LogP contribution in [-0.2, 0) is 5.60 Å². The predicted molar refractivity (Wildman–Crippen MR) is 83.8 cm³/mol. The molecule has 2 unspecified atom stereocenters. The van der Waals surface area contributed by atoms with Crippen molar-refractivity contribution in [2.75, 3.05) is 19.0 Å². The van der Waals surface area contributed by atoms with Crippen LogP contribution in [0.5, 0.6) is 11.5 Å². The summed E-state index contributed by atoms with van der Waals surface area (Å²) in [5.41, 5.74) is 0.170. The molecular formula is C16H24O3S. The van der Waals surface area contributed by atoms with Gasteiger partial charge < -0.3 is 14.6 Å². The van der Waals surface area contributed by atoms with E-state index in [9.17, 15) is 5.11 Å². The molecule has 0 radical (unpaired) electrons. The zero-order chi connectivity index (χ0) is 14.6. The molecule has 112 valence electrons. The Morgan fingerprint density at radius 3 is 2.60 bits per heavy atom. The molecule has 3 nitrogen and oxygen atoms in total. The van der Waals surface area contributed by atoms with E-state index < -0.39 is 5.60 Å². The first-order chi connectivity index (χ1) is 9.61. The number of ether oxygens (including phenoxy) is 2. The molecule has 1 aliphatic rings. The highest BCUT2D eigenvalue weighted by Gasteiger charge is 2.38. The van der Waals surface area contributed by atoms with Gasteiger partial charge in [0.25, 0.3) is 0 Å². The van der Waals surface area contributed by atoms with E-state index in [1.807, 2.05) is 43.8 Å². The third-order valence-corrected chi connectivity index (χ3v) is 5.20. The highest BCUT2D eigenvalue weighted by molar-refractivity contribution is 8.00. The van der Waals surface area contributed by atoms with Gasteiger partial charge in [-0.1, -0.05) is 13.0 Å². The molecule has 0 aliphatic carbocycles. The first kappa shape index (κ1) is 15.5. The fourth-order valence-electron chi connectivity index (χ4n) is 2.64. The van der Waals surface area contributed by atoms with Gasteiger partial charge in [0.15, 0.2) is 11.5 Å². The van der Waals surface area contributed by atoms with Crippen molar-refractivity contribution in [2.45, 2.75) is 44.5 Å². The van der Waals surface area contributed by atoms with Gasteiger partial charge in [0, 0.05) is 5.25 Å². The number of benzene rings is 1. The molecule has 0 amide bonds. The van der Waals surface area contributed by atoms with Gasteiger partial charge in [-0.3, -0.25) is 0 Å². The van der Waals surface area contributed by atoms with Crippen LogP contribution in [0.4, 0.5) is 0 Å². The quantitative estimate of drug-likeness (QED) is 0.901. The Balaban J connectivity index is 2.34. The van der Waals surface area contributed by atoms with E-state index in [-0.39, 0.29) is 5.25 Å². The fourth-order valence-corrected chi connectivity index (χ4v) is 3.84. The molecule has 0 saturated carbocycles. The van der Waals surface area contributed by atoms with Gasteiger partial charge >= 0.3 is 0 Å². The summed E-state index contributed by atoms with van der Waals surface area (Å²) in [6, 6.07) is 5.82. The van der Waals surface area contributed by atoms with Gasteiger partial charge in [-0.05, 0) is 50.1 Å². The Labute approximate surface area is 125 Å². The second kappa shape index (κ2) is 6.72. The lowest BCUT2D eigenvalue weighted by molar-refractivity contribution is 0.0251. The molecule has 20 heavy (non-hydrogen) atoms. The lowest BCUT2D eigenvalue weighted by Gasteiger charge is -2.38. The minimum absolute atomic E-state index is 0.198. The van der Waals surface area contributed by atoms with Gasteiger partial charge in [-0.25, -0.2) is 0 Å². The summed E-state index contributed by atoms with van der Waals surface area (Å²) in [4.78, 5) is 0. The van der Waals surface area contributed by atoms with Crippen molar-refractivity contribution in [1.82, 2.24) is 0 Å². The molecule has 1 aromatic rings. The van der Waals surface area contributed by atoms with E-state index in [2.05, 4.69) is 6.92 Å². The third-order valence-electron chi connectivity index (χ3n) is 3.79. The third kappa shape index (κ3) is 3.07. The van der Waals surface area contributed by atoms with Crippen molar-refractivity contribution < 1.29 is 14.6 Å². The average molecular weight is 296 g/mol. The smallest absolute Gasteiger partial charge is 0.161 e. The zero-order valence-corrected chi connectivity index (χ0v) is 13.3. The van der Waals surface area contributed by atoms with Crippen LogP contribution in [-0.4, -0.2) is 29.3 Å². The highest BCUT2D eigenvalue weighted by atomic mass is 32.2. The average Bonchev–Trinajstić information content (AvgIpc) is 2.44. The summed E-state index contributed by atoms with van der Waals surface area (Å²) < 4.78 is 11.2. The number of thioether (sulfide) groups is 1. The van der Waals surface area contributed by atoms with Crippen LogP contribution in [0.15, 0.2) is 18.2 Å². The molecule has 1 fully saturated rings. The monoisotopic (exact) mass is 296 g/mol. The summed E-state index contributed by atoms with van der Waals surface area (Å²) >= 11 is 1.83. The summed E-state index contributed by atoms with van der Waals surface area (Å²) in [5, 5.41) is 11.2. The number of hydrogen-bond acceptors (Lipinski definition) is 4. The topological polar surface area (TPSA) is 38.7 Å². The van der Waals surface area contributed by atoms with Crippen LogP contribution < -0.4 is 9.47 Å². The Hall–Kier alpha value is -0.870. The predicted octanol–water partition coefficient (Wildman–Crippen LogP) is 3.59. The molecule has 1 heterocycles. The maximum atomic E-state index is 11.0. The van der Waals surface area contributed by atoms with E-state index in [0.717, 1.165) is 35.7 Å². The first-order valence-electron chi connectivity index (χ1n) is 7.36. The van der Waals surface area contributed by atoms with Crippen LogP contribution in [0.2, 0.25) is 0 Å². The molecule has 0 spiro atoms. The van der Waals surface area contributed by atoms with Crippen molar-refractivity contribution in [3.63, 3.8) is 0 Å². The number of hydrogen-bond donors (Lipinski definition) is 1. The lowest BCUT2D eigenvalue weighted by Crippen LogP contribution is -2.38. The molecule has 1 saturated heterocycles. The fraction of sp³-hybridized carbons (Fsp3) is 0.625. The molecule has 1 N–H and O–H groups in total. The van der Waals surface area contributed by atoms with Gasteiger partial charge in [0.05, 0.1) is 13.2 Å². The maximum Gasteiger partial charge on any atom is 0.161 e. The first-order valence-corrected chi connectivity index (χ1v) is 8.40. The highest BCUT2D eigenvalue weighted by Crippen LogP contribution is 2.43. The summed E-state index contributed by atoms with van der Waals surface area (Å²) in [6.45, 7) is 7.20. The van der Waals surface area contributed by atoms with Crippen LogP contribution >= 0.6 is 11.8 Å². The molecule has 4 heteroatoms. The van der Waals surface area contributed by atoms with E-state index in [1.165, 1.54) is 0 Å². The molecule has 1 aromatic carbocycles.